The number of carbonyl (C=O) groups excluding carboxylic acids is 1. The lowest BCUT2D eigenvalue weighted by atomic mass is 9.89. The van der Waals surface area contributed by atoms with Crippen LogP contribution < -0.4 is 5.73 Å². The van der Waals surface area contributed by atoms with Gasteiger partial charge in [-0.3, -0.25) is 9.78 Å². The van der Waals surface area contributed by atoms with Gasteiger partial charge in [0.05, 0.1) is 5.69 Å². The van der Waals surface area contributed by atoms with E-state index in [1.165, 1.54) is 5.56 Å². The molecule has 7 heteroatoms. The minimum Gasteiger partial charge on any atom is -0.342 e. The summed E-state index contributed by atoms with van der Waals surface area (Å²) in [6.07, 6.45) is 2.39. The molecule has 0 spiro atoms. The van der Waals surface area contributed by atoms with Crippen LogP contribution in [0.25, 0.3) is 0 Å². The predicted octanol–water partition coefficient (Wildman–Crippen LogP) is 3.75. The molecule has 2 aromatic rings. The molecule has 0 bridgehead atoms. The molecule has 2 atom stereocenters. The van der Waals surface area contributed by atoms with E-state index >= 15 is 0 Å². The summed E-state index contributed by atoms with van der Waals surface area (Å²) in [4.78, 5) is 18.9. The van der Waals surface area contributed by atoms with Crippen LogP contribution in [0.5, 0.6) is 0 Å². The summed E-state index contributed by atoms with van der Waals surface area (Å²) in [5.41, 5.74) is 8.31. The first-order chi connectivity index (χ1) is 12.3. The van der Waals surface area contributed by atoms with E-state index in [9.17, 15) is 4.79 Å². The number of pyridine rings is 1. The van der Waals surface area contributed by atoms with Crippen LogP contribution in [0.2, 0.25) is 0 Å². The topological polar surface area (TPSA) is 59.2 Å². The Labute approximate surface area is 178 Å². The monoisotopic (exact) mass is 427 g/mol. The summed E-state index contributed by atoms with van der Waals surface area (Å²) >= 11 is 1.76. The molecule has 0 unspecified atom stereocenters. The van der Waals surface area contributed by atoms with E-state index in [0.717, 1.165) is 30.3 Å². The van der Waals surface area contributed by atoms with Crippen LogP contribution in [-0.2, 0) is 10.5 Å². The zero-order valence-corrected chi connectivity index (χ0v) is 17.6. The van der Waals surface area contributed by atoms with E-state index < -0.39 is 0 Å². The molecule has 3 rings (SSSR count). The van der Waals surface area contributed by atoms with Crippen LogP contribution in [0.15, 0.2) is 54.7 Å². The number of nitrogens with zero attached hydrogens (tertiary/aromatic N) is 2. The van der Waals surface area contributed by atoms with E-state index in [4.69, 9.17) is 5.73 Å². The van der Waals surface area contributed by atoms with Crippen molar-refractivity contribution < 1.29 is 4.79 Å². The second-order valence-corrected chi connectivity index (χ2v) is 7.54. The third kappa shape index (κ3) is 6.68. The van der Waals surface area contributed by atoms with Gasteiger partial charge in [-0.25, -0.2) is 0 Å². The van der Waals surface area contributed by atoms with Crippen molar-refractivity contribution in [2.45, 2.75) is 18.1 Å². The van der Waals surface area contributed by atoms with E-state index in [1.807, 2.05) is 35.4 Å². The molecule has 1 aliphatic rings. The highest BCUT2D eigenvalue weighted by Gasteiger charge is 2.34. The average molecular weight is 428 g/mol. The van der Waals surface area contributed by atoms with Gasteiger partial charge < -0.3 is 10.6 Å². The van der Waals surface area contributed by atoms with E-state index in [1.54, 1.807) is 11.8 Å². The van der Waals surface area contributed by atoms with Crippen LogP contribution in [0.3, 0.4) is 0 Å². The number of aromatic nitrogens is 1. The third-order valence-corrected chi connectivity index (χ3v) is 5.75. The number of benzene rings is 1. The highest BCUT2D eigenvalue weighted by Crippen LogP contribution is 2.32. The van der Waals surface area contributed by atoms with Crippen LogP contribution in [0.1, 0.15) is 23.6 Å². The summed E-state index contributed by atoms with van der Waals surface area (Å²) in [6, 6.07) is 16.4. The Morgan fingerprint density at radius 2 is 1.85 bits per heavy atom. The second kappa shape index (κ2) is 12.2. The number of hydrogen-bond donors (Lipinski definition) is 1. The van der Waals surface area contributed by atoms with Crippen LogP contribution in [-0.4, -0.2) is 41.2 Å². The minimum atomic E-state index is 0. The maximum atomic E-state index is 12.6. The van der Waals surface area contributed by atoms with Crippen molar-refractivity contribution in [3.8, 4) is 0 Å². The van der Waals surface area contributed by atoms with Crippen LogP contribution in [0.4, 0.5) is 0 Å². The highest BCUT2D eigenvalue weighted by molar-refractivity contribution is 7.98. The molecule has 1 aromatic heterocycles. The van der Waals surface area contributed by atoms with Gasteiger partial charge >= 0.3 is 0 Å². The first-order valence-electron chi connectivity index (χ1n) is 8.78. The van der Waals surface area contributed by atoms with Crippen molar-refractivity contribution in [2.24, 2.45) is 11.7 Å². The molecule has 1 amide bonds. The first-order valence-corrected chi connectivity index (χ1v) is 9.94. The van der Waals surface area contributed by atoms with Crippen LogP contribution >= 0.6 is 36.6 Å². The highest BCUT2D eigenvalue weighted by atomic mass is 35.5. The Morgan fingerprint density at radius 1 is 1.11 bits per heavy atom. The zero-order chi connectivity index (χ0) is 17.5. The van der Waals surface area contributed by atoms with Gasteiger partial charge in [-0.05, 0) is 30.2 Å². The molecule has 27 heavy (non-hydrogen) atoms. The number of nitrogens with two attached hydrogens (primary N) is 1. The molecule has 2 N–H and O–H groups in total. The number of thioether (sulfide) groups is 1. The van der Waals surface area contributed by atoms with Gasteiger partial charge in [-0.15, -0.1) is 24.8 Å². The number of hydrogen-bond acceptors (Lipinski definition) is 4. The second-order valence-electron chi connectivity index (χ2n) is 6.44. The van der Waals surface area contributed by atoms with Crippen molar-refractivity contribution in [2.75, 3.05) is 25.4 Å². The summed E-state index contributed by atoms with van der Waals surface area (Å²) in [6.45, 7) is 2.19. The lowest BCUT2D eigenvalue weighted by Gasteiger charge is -2.16. The van der Waals surface area contributed by atoms with Gasteiger partial charge in [0.25, 0.3) is 0 Å². The Hall–Kier alpha value is -1.27. The summed E-state index contributed by atoms with van der Waals surface area (Å²) in [5, 5.41) is 0. The van der Waals surface area contributed by atoms with E-state index in [-0.39, 0.29) is 30.7 Å². The average Bonchev–Trinajstić information content (AvgIpc) is 3.11. The Kier molecular flexibility index (Phi) is 10.8. The fraction of sp³-hybridized carbons (Fsp3) is 0.400. The maximum absolute atomic E-state index is 12.6. The Bertz CT molecular complexity index is 675. The quantitative estimate of drug-likeness (QED) is 0.683. The van der Waals surface area contributed by atoms with E-state index in [0.29, 0.717) is 24.8 Å². The number of amides is 1. The first kappa shape index (κ1) is 23.8. The molecule has 0 saturated carbocycles. The molecule has 148 valence electrons. The molecule has 1 aliphatic heterocycles. The normalized spacial score (nSPS) is 18.5. The van der Waals surface area contributed by atoms with Gasteiger partial charge in [0.15, 0.2) is 0 Å². The molecule has 1 saturated heterocycles. The molecule has 0 aliphatic carbocycles. The number of halogens is 2. The number of likely N-dealkylation sites (tertiary alicyclic amines) is 1. The van der Waals surface area contributed by atoms with E-state index in [2.05, 4.69) is 29.2 Å². The third-order valence-electron chi connectivity index (χ3n) is 4.76. The van der Waals surface area contributed by atoms with Crippen molar-refractivity contribution in [1.82, 2.24) is 9.88 Å². The van der Waals surface area contributed by atoms with Gasteiger partial charge in [0.2, 0.25) is 5.91 Å². The Morgan fingerprint density at radius 3 is 2.52 bits per heavy atom. The fourth-order valence-corrected chi connectivity index (χ4v) is 4.21. The van der Waals surface area contributed by atoms with Crippen LogP contribution in [0, 0.1) is 5.92 Å². The summed E-state index contributed by atoms with van der Waals surface area (Å²) < 4.78 is 0. The number of carbonyl (C=O) groups is 1. The largest absolute Gasteiger partial charge is 0.342 e. The van der Waals surface area contributed by atoms with Gasteiger partial charge in [-0.2, -0.15) is 11.8 Å². The molecular weight excluding hydrogens is 401 g/mol. The zero-order valence-electron chi connectivity index (χ0n) is 15.2. The smallest absolute Gasteiger partial charge is 0.223 e. The lowest BCUT2D eigenvalue weighted by molar-refractivity contribution is -0.129. The SMILES string of the molecule is Cl.Cl.NC[C@@H]1CN(C(=O)CCSCc2ccccn2)C[C@H]1c1ccccc1. The fourth-order valence-electron chi connectivity index (χ4n) is 3.37. The summed E-state index contributed by atoms with van der Waals surface area (Å²) in [5.74, 6) is 2.63. The summed E-state index contributed by atoms with van der Waals surface area (Å²) in [7, 11) is 0. The molecule has 2 heterocycles. The Balaban J connectivity index is 0.00000182. The van der Waals surface area contributed by atoms with Gasteiger partial charge in [0, 0.05) is 43.1 Å². The van der Waals surface area contributed by atoms with Gasteiger partial charge in [0.1, 0.15) is 0 Å². The van der Waals surface area contributed by atoms with Crippen molar-refractivity contribution in [1.29, 1.82) is 0 Å². The molecule has 1 fully saturated rings. The molecule has 4 nitrogen and oxygen atoms in total. The predicted molar refractivity (Wildman–Crippen MR) is 118 cm³/mol. The molecule has 1 aromatic carbocycles. The maximum Gasteiger partial charge on any atom is 0.223 e. The lowest BCUT2D eigenvalue weighted by Crippen LogP contribution is -2.30. The van der Waals surface area contributed by atoms with Crippen molar-refractivity contribution in [3.05, 3.63) is 66.0 Å². The minimum absolute atomic E-state index is 0. The molecular formula is C20H27Cl2N3OS. The van der Waals surface area contributed by atoms with Gasteiger partial charge in [-0.1, -0.05) is 36.4 Å². The van der Waals surface area contributed by atoms with Crippen molar-refractivity contribution in [3.63, 3.8) is 0 Å². The van der Waals surface area contributed by atoms with Crippen molar-refractivity contribution >= 4 is 42.5 Å². The molecule has 0 radical (unpaired) electrons. The standard InChI is InChI=1S/C20H25N3OS.2ClH/c21-12-17-13-23(14-19(17)16-6-2-1-3-7-16)20(24)9-11-25-15-18-8-4-5-10-22-18;;/h1-8,10,17,19H,9,11-15,21H2;2*1H/t17-,19+;;/m1../s1. The number of rotatable bonds is 7.